The van der Waals surface area contributed by atoms with E-state index >= 15 is 0 Å². The van der Waals surface area contributed by atoms with Gasteiger partial charge in [0.25, 0.3) is 0 Å². The second-order valence-electron chi connectivity index (χ2n) is 5.04. The van der Waals surface area contributed by atoms with E-state index in [0.717, 1.165) is 5.56 Å². The fourth-order valence-electron chi connectivity index (χ4n) is 1.66. The monoisotopic (exact) mass is 251 g/mol. The van der Waals surface area contributed by atoms with Crippen LogP contribution in [0.2, 0.25) is 0 Å². The van der Waals surface area contributed by atoms with Crippen LogP contribution in [0.4, 0.5) is 0 Å². The van der Waals surface area contributed by atoms with Gasteiger partial charge < -0.3 is 9.84 Å². The molecule has 0 fully saturated rings. The third-order valence-electron chi connectivity index (χ3n) is 2.63. The van der Waals surface area contributed by atoms with E-state index < -0.39 is 11.5 Å². The minimum atomic E-state index is -1.08. The van der Waals surface area contributed by atoms with Crippen molar-refractivity contribution in [2.45, 2.75) is 39.3 Å². The summed E-state index contributed by atoms with van der Waals surface area (Å²) in [5.41, 5.74) is 0.0580. The number of nitrogens with one attached hydrogen (secondary N) is 1. The minimum absolute atomic E-state index is 0.0766. The zero-order valence-electron chi connectivity index (χ0n) is 11.4. The molecule has 2 N–H and O–H groups in total. The molecule has 100 valence electrons. The molecule has 0 heterocycles. The van der Waals surface area contributed by atoms with Gasteiger partial charge in [0.2, 0.25) is 0 Å². The number of aliphatic carboxylic acids is 1. The lowest BCUT2D eigenvalue weighted by Gasteiger charge is -2.28. The third-order valence-corrected chi connectivity index (χ3v) is 2.63. The molecule has 0 aliphatic heterocycles. The molecular weight excluding hydrogens is 230 g/mol. The summed E-state index contributed by atoms with van der Waals surface area (Å²) in [6.07, 6.45) is 0. The third kappa shape index (κ3) is 4.04. The van der Waals surface area contributed by atoms with Crippen LogP contribution in [0.15, 0.2) is 24.3 Å². The van der Waals surface area contributed by atoms with E-state index in [-0.39, 0.29) is 12.6 Å². The summed E-state index contributed by atoms with van der Waals surface area (Å²) < 4.78 is 5.54. The summed E-state index contributed by atoms with van der Waals surface area (Å²) in [5.74, 6) is -0.234. The number of hydrogen-bond acceptors (Lipinski definition) is 3. The molecule has 18 heavy (non-hydrogen) atoms. The Morgan fingerprint density at radius 1 is 1.39 bits per heavy atom. The van der Waals surface area contributed by atoms with Crippen LogP contribution >= 0.6 is 0 Å². The summed E-state index contributed by atoms with van der Waals surface area (Å²) in [7, 11) is 0. The van der Waals surface area contributed by atoms with Crippen molar-refractivity contribution in [2.75, 3.05) is 6.61 Å². The fraction of sp³-hybridized carbons (Fsp3) is 0.500. The standard InChI is InChI=1S/C14H21NO3/c1-10(2)15-14(4,13(16)17)9-18-12-7-5-11(3)6-8-12/h5-8,10,15H,9H2,1-4H3,(H,16,17). The van der Waals surface area contributed by atoms with Crippen molar-refractivity contribution in [3.05, 3.63) is 29.8 Å². The van der Waals surface area contributed by atoms with Gasteiger partial charge in [0.1, 0.15) is 17.9 Å². The summed E-state index contributed by atoms with van der Waals surface area (Å²) >= 11 is 0. The van der Waals surface area contributed by atoms with Gasteiger partial charge in [-0.2, -0.15) is 0 Å². The molecule has 4 nitrogen and oxygen atoms in total. The second kappa shape index (κ2) is 5.87. The van der Waals surface area contributed by atoms with Crippen LogP contribution in [-0.4, -0.2) is 29.3 Å². The van der Waals surface area contributed by atoms with E-state index in [2.05, 4.69) is 5.32 Å². The Balaban J connectivity index is 2.68. The van der Waals surface area contributed by atoms with Crippen molar-refractivity contribution >= 4 is 5.97 Å². The average molecular weight is 251 g/mol. The Morgan fingerprint density at radius 2 is 1.94 bits per heavy atom. The van der Waals surface area contributed by atoms with Gasteiger partial charge in [-0.25, -0.2) is 0 Å². The lowest BCUT2D eigenvalue weighted by Crippen LogP contribution is -2.56. The SMILES string of the molecule is Cc1ccc(OCC(C)(NC(C)C)C(=O)O)cc1. The number of hydrogen-bond donors (Lipinski definition) is 2. The van der Waals surface area contributed by atoms with Crippen molar-refractivity contribution in [1.29, 1.82) is 0 Å². The van der Waals surface area contributed by atoms with Gasteiger partial charge in [0, 0.05) is 6.04 Å². The van der Waals surface area contributed by atoms with E-state index in [9.17, 15) is 9.90 Å². The largest absolute Gasteiger partial charge is 0.491 e. The van der Waals surface area contributed by atoms with Crippen molar-refractivity contribution in [1.82, 2.24) is 5.32 Å². The fourth-order valence-corrected chi connectivity index (χ4v) is 1.66. The Hall–Kier alpha value is -1.55. The van der Waals surface area contributed by atoms with E-state index in [1.807, 2.05) is 45.0 Å². The molecule has 0 spiro atoms. The summed E-state index contributed by atoms with van der Waals surface area (Å²) in [5, 5.41) is 12.3. The highest BCUT2D eigenvalue weighted by atomic mass is 16.5. The van der Waals surface area contributed by atoms with Gasteiger partial charge in [-0.1, -0.05) is 17.7 Å². The Labute approximate surface area is 108 Å². The van der Waals surface area contributed by atoms with Gasteiger partial charge >= 0.3 is 5.97 Å². The molecule has 0 aromatic heterocycles. The van der Waals surface area contributed by atoms with Crippen LogP contribution in [0, 0.1) is 6.92 Å². The van der Waals surface area contributed by atoms with Gasteiger partial charge in [-0.15, -0.1) is 0 Å². The normalized spacial score (nSPS) is 14.3. The van der Waals surface area contributed by atoms with Gasteiger partial charge in [0.15, 0.2) is 0 Å². The average Bonchev–Trinajstić information content (AvgIpc) is 2.27. The number of carbonyl (C=O) groups is 1. The van der Waals surface area contributed by atoms with Crippen molar-refractivity contribution in [3.8, 4) is 5.75 Å². The zero-order chi connectivity index (χ0) is 13.8. The van der Waals surface area contributed by atoms with E-state index in [0.29, 0.717) is 5.75 Å². The molecule has 0 saturated heterocycles. The van der Waals surface area contributed by atoms with Crippen LogP contribution in [0.5, 0.6) is 5.75 Å². The van der Waals surface area contributed by atoms with Crippen molar-refractivity contribution in [3.63, 3.8) is 0 Å². The van der Waals surface area contributed by atoms with E-state index in [1.54, 1.807) is 6.92 Å². The maximum Gasteiger partial charge on any atom is 0.327 e. The molecule has 1 unspecified atom stereocenters. The lowest BCUT2D eigenvalue weighted by molar-refractivity contribution is -0.145. The highest BCUT2D eigenvalue weighted by molar-refractivity contribution is 5.78. The first-order chi connectivity index (χ1) is 8.33. The predicted molar refractivity (Wildman–Crippen MR) is 71.0 cm³/mol. The Bertz CT molecular complexity index is 400. The van der Waals surface area contributed by atoms with E-state index in [4.69, 9.17) is 4.74 Å². The molecule has 4 heteroatoms. The first-order valence-corrected chi connectivity index (χ1v) is 6.04. The molecule has 0 amide bonds. The highest BCUT2D eigenvalue weighted by Gasteiger charge is 2.34. The van der Waals surface area contributed by atoms with Crippen LogP contribution < -0.4 is 10.1 Å². The van der Waals surface area contributed by atoms with Crippen LogP contribution in [0.25, 0.3) is 0 Å². The maximum atomic E-state index is 11.3. The maximum absolute atomic E-state index is 11.3. The Kier molecular flexibility index (Phi) is 4.73. The van der Waals surface area contributed by atoms with Gasteiger partial charge in [-0.3, -0.25) is 10.1 Å². The topological polar surface area (TPSA) is 58.6 Å². The molecule has 0 saturated carbocycles. The molecule has 0 bridgehead atoms. The van der Waals surface area contributed by atoms with Crippen molar-refractivity contribution < 1.29 is 14.6 Å². The number of aryl methyl sites for hydroxylation is 1. The van der Waals surface area contributed by atoms with Gasteiger partial charge in [0.05, 0.1) is 0 Å². The summed E-state index contributed by atoms with van der Waals surface area (Å²) in [6, 6.07) is 7.62. The molecule has 1 atom stereocenters. The first kappa shape index (κ1) is 14.5. The Morgan fingerprint density at radius 3 is 2.39 bits per heavy atom. The number of carboxylic acid groups (broad SMARTS) is 1. The van der Waals surface area contributed by atoms with Crippen LogP contribution in [-0.2, 0) is 4.79 Å². The first-order valence-electron chi connectivity index (χ1n) is 6.04. The summed E-state index contributed by atoms with van der Waals surface area (Å²) in [6.45, 7) is 7.53. The lowest BCUT2D eigenvalue weighted by atomic mass is 10.0. The van der Waals surface area contributed by atoms with E-state index in [1.165, 1.54) is 0 Å². The molecule has 0 radical (unpaired) electrons. The number of benzene rings is 1. The quantitative estimate of drug-likeness (QED) is 0.814. The summed E-state index contributed by atoms with van der Waals surface area (Å²) in [4.78, 5) is 11.3. The minimum Gasteiger partial charge on any atom is -0.491 e. The number of carboxylic acids is 1. The van der Waals surface area contributed by atoms with Gasteiger partial charge in [-0.05, 0) is 39.8 Å². The molecule has 0 aliphatic rings. The molecule has 0 aliphatic carbocycles. The molecular formula is C14H21NO3. The van der Waals surface area contributed by atoms with Crippen LogP contribution in [0.3, 0.4) is 0 Å². The second-order valence-corrected chi connectivity index (χ2v) is 5.04. The predicted octanol–water partition coefficient (Wildman–Crippen LogP) is 2.22. The molecule has 1 aromatic rings. The van der Waals surface area contributed by atoms with Crippen LogP contribution in [0.1, 0.15) is 26.3 Å². The molecule has 1 rings (SSSR count). The number of rotatable bonds is 6. The zero-order valence-corrected chi connectivity index (χ0v) is 11.4. The smallest absolute Gasteiger partial charge is 0.327 e. The molecule has 1 aromatic carbocycles. The number of ether oxygens (including phenoxy) is 1. The highest BCUT2D eigenvalue weighted by Crippen LogP contribution is 2.14. The van der Waals surface area contributed by atoms with Crippen molar-refractivity contribution in [2.24, 2.45) is 0 Å².